The fraction of sp³-hybridized carbons (Fsp3) is 0.333. The van der Waals surface area contributed by atoms with Crippen LogP contribution in [0.4, 0.5) is 5.69 Å². The Morgan fingerprint density at radius 3 is 2.40 bits per heavy atom. The molecule has 0 radical (unpaired) electrons. The van der Waals surface area contributed by atoms with Gasteiger partial charge >= 0.3 is 0 Å². The van der Waals surface area contributed by atoms with E-state index in [0.29, 0.717) is 6.04 Å². The molecule has 0 aromatic heterocycles. The van der Waals surface area contributed by atoms with Crippen molar-refractivity contribution in [3.05, 3.63) is 65.7 Å². The summed E-state index contributed by atoms with van der Waals surface area (Å²) in [5, 5.41) is 3.59. The van der Waals surface area contributed by atoms with E-state index in [1.165, 1.54) is 16.8 Å². The van der Waals surface area contributed by atoms with E-state index < -0.39 is 0 Å². The number of para-hydroxylation sites is 1. The lowest BCUT2D eigenvalue weighted by Crippen LogP contribution is -2.24. The maximum atomic E-state index is 5.26. The highest BCUT2D eigenvalue weighted by Gasteiger charge is 2.08. The average molecular weight is 269 g/mol. The van der Waals surface area contributed by atoms with Crippen LogP contribution >= 0.6 is 0 Å². The van der Waals surface area contributed by atoms with E-state index in [1.807, 2.05) is 0 Å². The SMILES string of the molecule is CCC(COC)Nc1ccccc1Cc1ccccc1. The number of anilines is 1. The molecule has 0 saturated heterocycles. The van der Waals surface area contributed by atoms with Crippen LogP contribution in [0.15, 0.2) is 54.6 Å². The molecule has 1 atom stereocenters. The second kappa shape index (κ2) is 7.71. The Morgan fingerprint density at radius 1 is 1.00 bits per heavy atom. The van der Waals surface area contributed by atoms with Crippen LogP contribution in [-0.2, 0) is 11.2 Å². The molecular weight excluding hydrogens is 246 g/mol. The summed E-state index contributed by atoms with van der Waals surface area (Å²) in [6, 6.07) is 19.4. The van der Waals surface area contributed by atoms with E-state index in [2.05, 4.69) is 66.8 Å². The second-order valence-corrected chi connectivity index (χ2v) is 5.02. The summed E-state index contributed by atoms with van der Waals surface area (Å²) in [5.41, 5.74) is 3.87. The predicted molar refractivity (Wildman–Crippen MR) is 85.3 cm³/mol. The third kappa shape index (κ3) is 4.10. The molecule has 0 bridgehead atoms. The van der Waals surface area contributed by atoms with Crippen LogP contribution < -0.4 is 5.32 Å². The summed E-state index contributed by atoms with van der Waals surface area (Å²) in [6.45, 7) is 2.91. The number of hydrogen-bond acceptors (Lipinski definition) is 2. The van der Waals surface area contributed by atoms with Crippen LogP contribution in [0, 0.1) is 0 Å². The molecule has 0 aliphatic carbocycles. The van der Waals surface area contributed by atoms with E-state index in [1.54, 1.807) is 7.11 Å². The normalized spacial score (nSPS) is 12.1. The first-order valence-electron chi connectivity index (χ1n) is 7.20. The van der Waals surface area contributed by atoms with E-state index in [-0.39, 0.29) is 0 Å². The molecule has 106 valence electrons. The summed E-state index contributed by atoms with van der Waals surface area (Å²) in [4.78, 5) is 0. The molecule has 2 nitrogen and oxygen atoms in total. The Hall–Kier alpha value is -1.80. The van der Waals surface area contributed by atoms with Gasteiger partial charge in [0.1, 0.15) is 0 Å². The van der Waals surface area contributed by atoms with Gasteiger partial charge in [-0.15, -0.1) is 0 Å². The monoisotopic (exact) mass is 269 g/mol. The standard InChI is InChI=1S/C18H23NO/c1-3-17(14-20-2)19-18-12-8-7-11-16(18)13-15-9-5-4-6-10-15/h4-12,17,19H,3,13-14H2,1-2H3. The maximum Gasteiger partial charge on any atom is 0.0663 e. The van der Waals surface area contributed by atoms with Gasteiger partial charge in [0.25, 0.3) is 0 Å². The number of methoxy groups -OCH3 is 1. The lowest BCUT2D eigenvalue weighted by molar-refractivity contribution is 0.184. The van der Waals surface area contributed by atoms with Gasteiger partial charge in [0.05, 0.1) is 6.61 Å². The van der Waals surface area contributed by atoms with Crippen LogP contribution in [-0.4, -0.2) is 19.8 Å². The van der Waals surface area contributed by atoms with Crippen LogP contribution in [0.25, 0.3) is 0 Å². The van der Waals surface area contributed by atoms with E-state index >= 15 is 0 Å². The molecule has 0 aliphatic rings. The van der Waals surface area contributed by atoms with Crippen molar-refractivity contribution in [2.75, 3.05) is 19.0 Å². The first-order valence-corrected chi connectivity index (χ1v) is 7.20. The molecule has 0 spiro atoms. The van der Waals surface area contributed by atoms with Crippen molar-refractivity contribution >= 4 is 5.69 Å². The molecule has 2 aromatic rings. The predicted octanol–water partition coefficient (Wildman–Crippen LogP) is 4.11. The summed E-state index contributed by atoms with van der Waals surface area (Å²) < 4.78 is 5.26. The molecule has 1 unspecified atom stereocenters. The highest BCUT2D eigenvalue weighted by molar-refractivity contribution is 5.53. The molecule has 1 N–H and O–H groups in total. The third-order valence-electron chi connectivity index (χ3n) is 3.48. The Morgan fingerprint density at radius 2 is 1.70 bits per heavy atom. The van der Waals surface area contributed by atoms with Crippen LogP contribution in [0.5, 0.6) is 0 Å². The molecule has 0 amide bonds. The zero-order valence-electron chi connectivity index (χ0n) is 12.3. The first-order chi connectivity index (χ1) is 9.83. The minimum atomic E-state index is 0.358. The molecule has 2 heteroatoms. The van der Waals surface area contributed by atoms with Gasteiger partial charge in [0.15, 0.2) is 0 Å². The Kier molecular flexibility index (Phi) is 5.63. The number of benzene rings is 2. The van der Waals surface area contributed by atoms with Crippen molar-refractivity contribution in [3.8, 4) is 0 Å². The summed E-state index contributed by atoms with van der Waals surface area (Å²) in [5.74, 6) is 0. The fourth-order valence-corrected chi connectivity index (χ4v) is 2.31. The minimum absolute atomic E-state index is 0.358. The first kappa shape index (κ1) is 14.6. The zero-order valence-corrected chi connectivity index (χ0v) is 12.3. The largest absolute Gasteiger partial charge is 0.383 e. The smallest absolute Gasteiger partial charge is 0.0663 e. The van der Waals surface area contributed by atoms with Gasteiger partial charge in [-0.3, -0.25) is 0 Å². The van der Waals surface area contributed by atoms with Crippen LogP contribution in [0.3, 0.4) is 0 Å². The Balaban J connectivity index is 2.13. The Labute approximate surface area is 121 Å². The number of rotatable bonds is 7. The summed E-state index contributed by atoms with van der Waals surface area (Å²) in [6.07, 6.45) is 2.00. The number of hydrogen-bond donors (Lipinski definition) is 1. The number of ether oxygens (including phenoxy) is 1. The molecule has 2 rings (SSSR count). The molecule has 0 fully saturated rings. The maximum absolute atomic E-state index is 5.26. The third-order valence-corrected chi connectivity index (χ3v) is 3.48. The van der Waals surface area contributed by atoms with Gasteiger partial charge in [0.2, 0.25) is 0 Å². The van der Waals surface area contributed by atoms with Crippen LogP contribution in [0.2, 0.25) is 0 Å². The molecular formula is C18H23NO. The van der Waals surface area contributed by atoms with Gasteiger partial charge in [0, 0.05) is 18.8 Å². The highest BCUT2D eigenvalue weighted by Crippen LogP contribution is 2.20. The lowest BCUT2D eigenvalue weighted by atomic mass is 10.0. The van der Waals surface area contributed by atoms with Crippen molar-refractivity contribution in [3.63, 3.8) is 0 Å². The van der Waals surface area contributed by atoms with Crippen molar-refractivity contribution < 1.29 is 4.74 Å². The summed E-state index contributed by atoms with van der Waals surface area (Å²) >= 11 is 0. The van der Waals surface area contributed by atoms with Crippen molar-refractivity contribution in [1.82, 2.24) is 0 Å². The van der Waals surface area contributed by atoms with Gasteiger partial charge < -0.3 is 10.1 Å². The quantitative estimate of drug-likeness (QED) is 0.816. The Bertz CT molecular complexity index is 510. The van der Waals surface area contributed by atoms with Gasteiger partial charge in [-0.1, -0.05) is 55.5 Å². The van der Waals surface area contributed by atoms with Gasteiger partial charge in [-0.25, -0.2) is 0 Å². The van der Waals surface area contributed by atoms with Crippen molar-refractivity contribution in [2.45, 2.75) is 25.8 Å². The second-order valence-electron chi connectivity index (χ2n) is 5.02. The average Bonchev–Trinajstić information content (AvgIpc) is 2.49. The summed E-state index contributed by atoms with van der Waals surface area (Å²) in [7, 11) is 1.75. The molecule has 20 heavy (non-hydrogen) atoms. The van der Waals surface area contributed by atoms with E-state index in [9.17, 15) is 0 Å². The fourth-order valence-electron chi connectivity index (χ4n) is 2.31. The molecule has 0 aliphatic heterocycles. The van der Waals surface area contributed by atoms with Gasteiger partial charge in [-0.05, 0) is 30.0 Å². The highest BCUT2D eigenvalue weighted by atomic mass is 16.5. The molecule has 0 saturated carbocycles. The zero-order chi connectivity index (χ0) is 14.2. The molecule has 2 aromatic carbocycles. The topological polar surface area (TPSA) is 21.3 Å². The molecule has 0 heterocycles. The van der Waals surface area contributed by atoms with Gasteiger partial charge in [-0.2, -0.15) is 0 Å². The lowest BCUT2D eigenvalue weighted by Gasteiger charge is -2.20. The van der Waals surface area contributed by atoms with Crippen molar-refractivity contribution in [2.24, 2.45) is 0 Å². The van der Waals surface area contributed by atoms with Crippen LogP contribution in [0.1, 0.15) is 24.5 Å². The van der Waals surface area contributed by atoms with E-state index in [4.69, 9.17) is 4.74 Å². The van der Waals surface area contributed by atoms with Crippen molar-refractivity contribution in [1.29, 1.82) is 0 Å². The number of nitrogens with one attached hydrogen (secondary N) is 1. The minimum Gasteiger partial charge on any atom is -0.383 e. The van der Waals surface area contributed by atoms with E-state index in [0.717, 1.165) is 19.4 Å².